The molecule has 0 amide bonds. The van der Waals surface area contributed by atoms with Gasteiger partial charge in [-0.05, 0) is 6.92 Å². The summed E-state index contributed by atoms with van der Waals surface area (Å²) in [5.41, 5.74) is 15.4. The summed E-state index contributed by atoms with van der Waals surface area (Å²) in [5, 5.41) is 0. The maximum absolute atomic E-state index is 10.8. The van der Waals surface area contributed by atoms with E-state index in [2.05, 4.69) is 14.3 Å². The topological polar surface area (TPSA) is 116 Å². The summed E-state index contributed by atoms with van der Waals surface area (Å²) in [5.74, 6) is -2.11. The standard InChI is InChI=1S/C6H6N4O3/c1-2-13-6(12)5(10-8)4(11)3-9-7/h3H,2H2,1H3. The molecule has 7 nitrogen and oxygen atoms in total. The first kappa shape index (κ1) is 10.9. The van der Waals surface area contributed by atoms with Gasteiger partial charge in [0.2, 0.25) is 0 Å². The van der Waals surface area contributed by atoms with Crippen LogP contribution in [0.15, 0.2) is 0 Å². The summed E-state index contributed by atoms with van der Waals surface area (Å²) in [6.07, 6.45) is 0.423. The van der Waals surface area contributed by atoms with Crippen LogP contribution in [-0.2, 0) is 14.3 Å². The van der Waals surface area contributed by atoms with Gasteiger partial charge in [0.15, 0.2) is 0 Å². The third kappa shape index (κ3) is 3.20. The summed E-state index contributed by atoms with van der Waals surface area (Å²) >= 11 is 0. The van der Waals surface area contributed by atoms with Gasteiger partial charge >= 0.3 is 23.7 Å². The fourth-order valence-electron chi connectivity index (χ4n) is 0.504. The van der Waals surface area contributed by atoms with E-state index < -0.39 is 17.5 Å². The molecule has 0 aliphatic carbocycles. The van der Waals surface area contributed by atoms with E-state index in [0.29, 0.717) is 6.21 Å². The summed E-state index contributed by atoms with van der Waals surface area (Å²) in [4.78, 5) is 26.4. The third-order valence-electron chi connectivity index (χ3n) is 0.977. The van der Waals surface area contributed by atoms with E-state index in [4.69, 9.17) is 11.1 Å². The molecule has 0 fully saturated rings. The highest BCUT2D eigenvalue weighted by atomic mass is 16.5. The number of rotatable bonds is 4. The first-order valence-corrected chi connectivity index (χ1v) is 3.28. The molecule has 0 aliphatic heterocycles. The van der Waals surface area contributed by atoms with E-state index in [-0.39, 0.29) is 6.61 Å². The molecule has 0 N–H and O–H groups in total. The van der Waals surface area contributed by atoms with Gasteiger partial charge in [0.1, 0.15) is 0 Å². The van der Waals surface area contributed by atoms with Crippen LogP contribution >= 0.6 is 0 Å². The monoisotopic (exact) mass is 182 g/mol. The summed E-state index contributed by atoms with van der Waals surface area (Å²) in [6, 6.07) is 0. The fraction of sp³-hybridized carbons (Fsp3) is 0.333. The predicted octanol–water partition coefficient (Wildman–Crippen LogP) is -0.910. The van der Waals surface area contributed by atoms with Crippen molar-refractivity contribution in [1.82, 2.24) is 0 Å². The number of hydrogen-bond acceptors (Lipinski definition) is 3. The van der Waals surface area contributed by atoms with Crippen molar-refractivity contribution in [3.63, 3.8) is 0 Å². The zero-order valence-corrected chi connectivity index (χ0v) is 6.80. The molecule has 0 aromatic carbocycles. The molecule has 0 radical (unpaired) electrons. The van der Waals surface area contributed by atoms with E-state index >= 15 is 0 Å². The lowest BCUT2D eigenvalue weighted by Gasteiger charge is -1.91. The molecule has 0 saturated heterocycles. The average Bonchev–Trinajstić information content (AvgIpc) is 2.06. The Hall–Kier alpha value is -2.10. The highest BCUT2D eigenvalue weighted by Crippen LogP contribution is 1.81. The van der Waals surface area contributed by atoms with Crippen molar-refractivity contribution in [1.29, 1.82) is 0 Å². The molecule has 0 rings (SSSR count). The highest BCUT2D eigenvalue weighted by Gasteiger charge is 2.32. The van der Waals surface area contributed by atoms with Crippen LogP contribution in [0.4, 0.5) is 0 Å². The molecule has 0 saturated carbocycles. The van der Waals surface area contributed by atoms with Crippen molar-refractivity contribution in [3.8, 4) is 0 Å². The van der Waals surface area contributed by atoms with Crippen molar-refractivity contribution in [2.75, 3.05) is 6.61 Å². The molecule has 0 unspecified atom stereocenters. The van der Waals surface area contributed by atoms with Gasteiger partial charge in [-0.3, -0.25) is 4.79 Å². The molecule has 68 valence electrons. The first-order chi connectivity index (χ1) is 6.17. The lowest BCUT2D eigenvalue weighted by molar-refractivity contribution is -0.141. The summed E-state index contributed by atoms with van der Waals surface area (Å²) in [7, 11) is 0. The second-order valence-electron chi connectivity index (χ2n) is 1.78. The number of ether oxygens (including phenoxy) is 1. The quantitative estimate of drug-likeness (QED) is 0.184. The van der Waals surface area contributed by atoms with Crippen LogP contribution in [0.25, 0.3) is 11.1 Å². The van der Waals surface area contributed by atoms with E-state index in [1.54, 1.807) is 0 Å². The van der Waals surface area contributed by atoms with Gasteiger partial charge in [-0.1, -0.05) is 0 Å². The van der Waals surface area contributed by atoms with Crippen molar-refractivity contribution < 1.29 is 23.9 Å². The Labute approximate surface area is 73.2 Å². The number of carbonyl (C=O) groups excluding carboxylic acids is 2. The van der Waals surface area contributed by atoms with Crippen molar-refractivity contribution in [2.45, 2.75) is 6.92 Å². The molecular weight excluding hydrogens is 176 g/mol. The van der Waals surface area contributed by atoms with Gasteiger partial charge in [0.05, 0.1) is 6.61 Å². The molecule has 0 bridgehead atoms. The number of Topliss-reactive ketones (excluding diaryl/α,β-unsaturated/α-hetero) is 1. The van der Waals surface area contributed by atoms with Crippen LogP contribution in [-0.4, -0.2) is 39.9 Å². The molecule has 13 heavy (non-hydrogen) atoms. The normalized spacial score (nSPS) is 7.77. The Morgan fingerprint density at radius 3 is 2.46 bits per heavy atom. The molecule has 0 heterocycles. The van der Waals surface area contributed by atoms with Gasteiger partial charge < -0.3 is 15.8 Å². The van der Waals surface area contributed by atoms with E-state index in [1.807, 2.05) is 0 Å². The summed E-state index contributed by atoms with van der Waals surface area (Å²) in [6.45, 7) is 1.57. The van der Waals surface area contributed by atoms with Crippen LogP contribution in [0.3, 0.4) is 0 Å². The minimum absolute atomic E-state index is 0.0431. The van der Waals surface area contributed by atoms with Crippen molar-refractivity contribution in [2.24, 2.45) is 0 Å². The zero-order valence-electron chi connectivity index (χ0n) is 6.80. The van der Waals surface area contributed by atoms with Crippen molar-refractivity contribution in [3.05, 3.63) is 11.1 Å². The number of esters is 1. The SMILES string of the molecule is CCOC(=O)C(=[N+]=[N-])C(=O)C=[N+]=[N-]. The van der Waals surface area contributed by atoms with Crippen molar-refractivity contribution >= 4 is 23.7 Å². The van der Waals surface area contributed by atoms with Crippen LogP contribution < -0.4 is 0 Å². The maximum Gasteiger partial charge on any atom is 0.453 e. The number of carbonyl (C=O) groups is 2. The van der Waals surface area contributed by atoms with Crippen LogP contribution in [0.5, 0.6) is 0 Å². The number of hydrogen-bond donors (Lipinski definition) is 0. The molecule has 0 aromatic heterocycles. The third-order valence-corrected chi connectivity index (χ3v) is 0.977. The minimum Gasteiger partial charge on any atom is -0.457 e. The first-order valence-electron chi connectivity index (χ1n) is 3.28. The summed E-state index contributed by atoms with van der Waals surface area (Å²) < 4.78 is 4.37. The van der Waals surface area contributed by atoms with Gasteiger partial charge in [-0.2, -0.15) is 9.58 Å². The second kappa shape index (κ2) is 5.54. The molecule has 0 aliphatic rings. The largest absolute Gasteiger partial charge is 0.457 e. The molecule has 0 spiro atoms. The Balaban J connectivity index is 4.73. The second-order valence-corrected chi connectivity index (χ2v) is 1.78. The minimum atomic E-state index is -1.07. The van der Waals surface area contributed by atoms with Crippen LogP contribution in [0.2, 0.25) is 0 Å². The van der Waals surface area contributed by atoms with Gasteiger partial charge in [-0.15, -0.1) is 0 Å². The maximum atomic E-state index is 10.8. The number of nitrogens with zero attached hydrogens (tertiary/aromatic N) is 4. The van der Waals surface area contributed by atoms with E-state index in [9.17, 15) is 9.59 Å². The Kier molecular flexibility index (Phi) is 4.64. The average molecular weight is 182 g/mol. The highest BCUT2D eigenvalue weighted by molar-refractivity contribution is 6.73. The number of ketones is 1. The smallest absolute Gasteiger partial charge is 0.453 e. The van der Waals surface area contributed by atoms with Gasteiger partial charge in [-0.25, -0.2) is 4.79 Å². The fourth-order valence-corrected chi connectivity index (χ4v) is 0.504. The van der Waals surface area contributed by atoms with Gasteiger partial charge in [0.25, 0.3) is 0 Å². The lowest BCUT2D eigenvalue weighted by Crippen LogP contribution is -2.28. The Morgan fingerprint density at radius 1 is 1.46 bits per heavy atom. The molecule has 7 heteroatoms. The molecule has 0 atom stereocenters. The van der Waals surface area contributed by atoms with E-state index in [0.717, 1.165) is 0 Å². The van der Waals surface area contributed by atoms with E-state index in [1.165, 1.54) is 6.92 Å². The Morgan fingerprint density at radius 2 is 2.08 bits per heavy atom. The molecule has 0 aromatic rings. The molecular formula is C6H6N4O3. The van der Waals surface area contributed by atoms with Crippen LogP contribution in [0, 0.1) is 0 Å². The predicted molar refractivity (Wildman–Crippen MR) is 39.9 cm³/mol. The van der Waals surface area contributed by atoms with Gasteiger partial charge in [0, 0.05) is 0 Å². The Bertz CT molecular complexity index is 323. The zero-order chi connectivity index (χ0) is 10.3. The lowest BCUT2D eigenvalue weighted by atomic mass is 10.3. The van der Waals surface area contributed by atoms with Crippen LogP contribution in [0.1, 0.15) is 6.92 Å².